The number of nitrogens with zero attached hydrogens (tertiary/aromatic N) is 2. The van der Waals surface area contributed by atoms with Crippen molar-refractivity contribution < 1.29 is 0 Å². The van der Waals surface area contributed by atoms with Gasteiger partial charge in [0.15, 0.2) is 0 Å². The number of aromatic nitrogens is 1. The van der Waals surface area contributed by atoms with Gasteiger partial charge >= 0.3 is 0 Å². The molecule has 1 aromatic heterocycles. The molecule has 0 atom stereocenters. The van der Waals surface area contributed by atoms with Gasteiger partial charge in [-0.15, -0.1) is 0 Å². The van der Waals surface area contributed by atoms with Crippen LogP contribution in [0.4, 0.5) is 5.69 Å². The van der Waals surface area contributed by atoms with Crippen molar-refractivity contribution in [2.24, 2.45) is 0 Å². The monoisotopic (exact) mass is 247 g/mol. The van der Waals surface area contributed by atoms with Crippen molar-refractivity contribution in [2.75, 3.05) is 19.0 Å². The lowest BCUT2D eigenvalue weighted by atomic mass is 10.1. The Morgan fingerprint density at radius 3 is 2.67 bits per heavy atom. The van der Waals surface area contributed by atoms with E-state index in [1.54, 1.807) is 0 Å². The minimum Gasteiger partial charge on any atom is -0.372 e. The third kappa shape index (κ3) is 3.45. The Labute approximate surface area is 111 Å². The van der Waals surface area contributed by atoms with Crippen LogP contribution in [-0.2, 0) is 6.54 Å². The minimum atomic E-state index is 0.706. The molecule has 0 aliphatic heterocycles. The Morgan fingerprint density at radius 2 is 2.00 bits per heavy atom. The Morgan fingerprint density at radius 1 is 1.28 bits per heavy atom. The van der Waals surface area contributed by atoms with Crippen LogP contribution < -0.4 is 10.2 Å². The molecule has 1 aromatic rings. The standard InChI is InChI=1S/C15H25N3/c1-16-12-13-11-15(9-10-17-13)18(2)14-7-5-3-4-6-8-14/h9-11,14,16H,3-8,12H2,1-2H3. The predicted octanol–water partition coefficient (Wildman–Crippen LogP) is 2.96. The fourth-order valence-electron chi connectivity index (χ4n) is 2.82. The highest BCUT2D eigenvalue weighted by atomic mass is 15.1. The molecule has 1 fully saturated rings. The van der Waals surface area contributed by atoms with Crippen LogP contribution in [0.15, 0.2) is 18.3 Å². The van der Waals surface area contributed by atoms with Gasteiger partial charge in [0.25, 0.3) is 0 Å². The summed E-state index contributed by atoms with van der Waals surface area (Å²) in [5, 5.41) is 3.16. The summed E-state index contributed by atoms with van der Waals surface area (Å²) < 4.78 is 0. The number of rotatable bonds is 4. The fourth-order valence-corrected chi connectivity index (χ4v) is 2.82. The SMILES string of the molecule is CNCc1cc(N(C)C2CCCCCC2)ccn1. The highest BCUT2D eigenvalue weighted by Crippen LogP contribution is 2.25. The highest BCUT2D eigenvalue weighted by Gasteiger charge is 2.17. The maximum absolute atomic E-state index is 4.39. The molecule has 18 heavy (non-hydrogen) atoms. The molecule has 2 rings (SSSR count). The van der Waals surface area contributed by atoms with E-state index in [9.17, 15) is 0 Å². The Kier molecular flexibility index (Phi) is 5.00. The molecule has 0 unspecified atom stereocenters. The molecule has 1 aliphatic carbocycles. The highest BCUT2D eigenvalue weighted by molar-refractivity contribution is 5.46. The number of hydrogen-bond acceptors (Lipinski definition) is 3. The van der Waals surface area contributed by atoms with Crippen molar-refractivity contribution in [1.82, 2.24) is 10.3 Å². The van der Waals surface area contributed by atoms with E-state index in [0.717, 1.165) is 12.2 Å². The largest absolute Gasteiger partial charge is 0.372 e. The summed E-state index contributed by atoms with van der Waals surface area (Å²) in [5.41, 5.74) is 2.43. The average molecular weight is 247 g/mol. The molecular weight excluding hydrogens is 222 g/mol. The summed E-state index contributed by atoms with van der Waals surface area (Å²) >= 11 is 0. The number of hydrogen-bond donors (Lipinski definition) is 1. The van der Waals surface area contributed by atoms with Crippen LogP contribution in [0.1, 0.15) is 44.2 Å². The van der Waals surface area contributed by atoms with Crippen molar-refractivity contribution >= 4 is 5.69 Å². The lowest BCUT2D eigenvalue weighted by Gasteiger charge is -2.29. The van der Waals surface area contributed by atoms with Crippen LogP contribution >= 0.6 is 0 Å². The van der Waals surface area contributed by atoms with Gasteiger partial charge in [-0.1, -0.05) is 25.7 Å². The fraction of sp³-hybridized carbons (Fsp3) is 0.667. The third-order valence-electron chi connectivity index (χ3n) is 3.94. The summed E-state index contributed by atoms with van der Waals surface area (Å²) in [4.78, 5) is 6.84. The molecule has 0 amide bonds. The van der Waals surface area contributed by atoms with E-state index >= 15 is 0 Å². The van der Waals surface area contributed by atoms with E-state index in [-0.39, 0.29) is 0 Å². The summed E-state index contributed by atoms with van der Waals surface area (Å²) in [6.45, 7) is 0.840. The molecule has 100 valence electrons. The van der Waals surface area contributed by atoms with E-state index in [2.05, 4.69) is 34.4 Å². The molecule has 1 N–H and O–H groups in total. The zero-order valence-corrected chi connectivity index (χ0v) is 11.7. The summed E-state index contributed by atoms with van der Waals surface area (Å²) in [6, 6.07) is 5.04. The van der Waals surface area contributed by atoms with Crippen LogP contribution in [0, 0.1) is 0 Å². The van der Waals surface area contributed by atoms with Gasteiger partial charge in [0.1, 0.15) is 0 Å². The maximum Gasteiger partial charge on any atom is 0.0562 e. The summed E-state index contributed by atoms with van der Waals surface area (Å²) in [5.74, 6) is 0. The first-order valence-electron chi connectivity index (χ1n) is 7.13. The second kappa shape index (κ2) is 6.74. The second-order valence-electron chi connectivity index (χ2n) is 5.29. The van der Waals surface area contributed by atoms with Crippen LogP contribution in [0.25, 0.3) is 0 Å². The van der Waals surface area contributed by atoms with E-state index in [1.165, 1.54) is 44.2 Å². The second-order valence-corrected chi connectivity index (χ2v) is 5.29. The molecule has 1 aliphatic rings. The van der Waals surface area contributed by atoms with Crippen molar-refractivity contribution in [3.63, 3.8) is 0 Å². The molecule has 1 heterocycles. The van der Waals surface area contributed by atoms with Crippen molar-refractivity contribution in [3.05, 3.63) is 24.0 Å². The zero-order valence-electron chi connectivity index (χ0n) is 11.7. The van der Waals surface area contributed by atoms with E-state index < -0.39 is 0 Å². The summed E-state index contributed by atoms with van der Waals surface area (Å²) in [6.07, 6.45) is 10.2. The van der Waals surface area contributed by atoms with Crippen molar-refractivity contribution in [2.45, 2.75) is 51.1 Å². The quantitative estimate of drug-likeness (QED) is 0.829. The van der Waals surface area contributed by atoms with Gasteiger partial charge in [-0.25, -0.2) is 0 Å². The summed E-state index contributed by atoms with van der Waals surface area (Å²) in [7, 11) is 4.19. The van der Waals surface area contributed by atoms with Gasteiger partial charge in [-0.3, -0.25) is 4.98 Å². The smallest absolute Gasteiger partial charge is 0.0562 e. The van der Waals surface area contributed by atoms with E-state index in [4.69, 9.17) is 0 Å². The molecule has 0 spiro atoms. The van der Waals surface area contributed by atoms with Crippen LogP contribution in [0.2, 0.25) is 0 Å². The van der Waals surface area contributed by atoms with Gasteiger partial charge < -0.3 is 10.2 Å². The third-order valence-corrected chi connectivity index (χ3v) is 3.94. The van der Waals surface area contributed by atoms with Crippen molar-refractivity contribution in [1.29, 1.82) is 0 Å². The molecular formula is C15H25N3. The first-order valence-corrected chi connectivity index (χ1v) is 7.13. The van der Waals surface area contributed by atoms with E-state index in [1.807, 2.05) is 13.2 Å². The van der Waals surface area contributed by atoms with Gasteiger partial charge in [0.05, 0.1) is 5.69 Å². The number of anilines is 1. The van der Waals surface area contributed by atoms with Crippen LogP contribution in [-0.4, -0.2) is 25.1 Å². The van der Waals surface area contributed by atoms with Crippen LogP contribution in [0.3, 0.4) is 0 Å². The number of pyridine rings is 1. The topological polar surface area (TPSA) is 28.2 Å². The zero-order chi connectivity index (χ0) is 12.8. The Bertz CT molecular complexity index is 357. The van der Waals surface area contributed by atoms with Gasteiger partial charge in [-0.2, -0.15) is 0 Å². The van der Waals surface area contributed by atoms with Gasteiger partial charge in [0.2, 0.25) is 0 Å². The minimum absolute atomic E-state index is 0.706. The van der Waals surface area contributed by atoms with E-state index in [0.29, 0.717) is 6.04 Å². The molecule has 3 nitrogen and oxygen atoms in total. The first kappa shape index (κ1) is 13.3. The Balaban J connectivity index is 2.06. The molecule has 0 saturated heterocycles. The number of nitrogens with one attached hydrogen (secondary N) is 1. The van der Waals surface area contributed by atoms with Gasteiger partial charge in [-0.05, 0) is 32.0 Å². The maximum atomic E-state index is 4.39. The van der Waals surface area contributed by atoms with Gasteiger partial charge in [0, 0.05) is 31.5 Å². The lowest BCUT2D eigenvalue weighted by Crippen LogP contribution is -2.31. The molecule has 0 aromatic carbocycles. The Hall–Kier alpha value is -1.09. The molecule has 0 radical (unpaired) electrons. The molecule has 3 heteroatoms. The predicted molar refractivity (Wildman–Crippen MR) is 76.9 cm³/mol. The molecule has 0 bridgehead atoms. The molecule has 1 saturated carbocycles. The van der Waals surface area contributed by atoms with Crippen molar-refractivity contribution in [3.8, 4) is 0 Å². The average Bonchev–Trinajstić information content (AvgIpc) is 2.67. The normalized spacial score (nSPS) is 17.4. The van der Waals surface area contributed by atoms with Crippen LogP contribution in [0.5, 0.6) is 0 Å². The first-order chi connectivity index (χ1) is 8.81. The lowest BCUT2D eigenvalue weighted by molar-refractivity contribution is 0.552.